The van der Waals surface area contributed by atoms with Crippen molar-refractivity contribution in [3.63, 3.8) is 0 Å². The lowest BCUT2D eigenvalue weighted by atomic mass is 9.80. The van der Waals surface area contributed by atoms with E-state index in [1.165, 1.54) is 26.4 Å². The predicted molar refractivity (Wildman–Crippen MR) is 127 cm³/mol. The normalized spacial score (nSPS) is 12.2. The standard InChI is InChI=1S/C24H29IO6/c1-19(10-7-8-17-25)14-16-24(22(27)29-2,23(28)30-3)15-9-13-21(26)31-18-20-11-5-4-6-12-20/h4-6,8-9,11-14,17H,7,10,15-16,18H2,1-3H3/b13-9+,17-8+,19-14+. The van der Waals surface area contributed by atoms with Crippen molar-refractivity contribution in [2.24, 2.45) is 5.41 Å². The molecule has 1 aromatic carbocycles. The number of ether oxygens (including phenoxy) is 3. The zero-order chi connectivity index (χ0) is 23.1. The molecule has 6 nitrogen and oxygen atoms in total. The molecule has 0 atom stereocenters. The Morgan fingerprint density at radius 1 is 1.00 bits per heavy atom. The molecule has 0 saturated heterocycles. The second kappa shape index (κ2) is 14.6. The summed E-state index contributed by atoms with van der Waals surface area (Å²) in [6, 6.07) is 9.28. The van der Waals surface area contributed by atoms with E-state index >= 15 is 0 Å². The highest BCUT2D eigenvalue weighted by Crippen LogP contribution is 2.32. The van der Waals surface area contributed by atoms with E-state index in [-0.39, 0.29) is 19.4 Å². The number of hydrogen-bond acceptors (Lipinski definition) is 6. The van der Waals surface area contributed by atoms with Crippen LogP contribution in [0.15, 0.2) is 64.3 Å². The van der Waals surface area contributed by atoms with Crippen molar-refractivity contribution in [1.29, 1.82) is 0 Å². The quantitative estimate of drug-likeness (QED) is 0.0920. The summed E-state index contributed by atoms with van der Waals surface area (Å²) in [7, 11) is 2.44. The number of carbonyl (C=O) groups excluding carboxylic acids is 3. The molecule has 0 amide bonds. The minimum absolute atomic E-state index is 0.0514. The van der Waals surface area contributed by atoms with Gasteiger partial charge in [0.25, 0.3) is 0 Å². The Bertz CT molecular complexity index is 795. The molecule has 1 rings (SSSR count). The lowest BCUT2D eigenvalue weighted by Gasteiger charge is -2.26. The number of carbonyl (C=O) groups is 3. The van der Waals surface area contributed by atoms with Crippen LogP contribution in [0.5, 0.6) is 0 Å². The van der Waals surface area contributed by atoms with Gasteiger partial charge < -0.3 is 14.2 Å². The number of benzene rings is 1. The fraction of sp³-hybridized carbons (Fsp3) is 0.375. The van der Waals surface area contributed by atoms with Crippen molar-refractivity contribution in [3.8, 4) is 0 Å². The van der Waals surface area contributed by atoms with Crippen LogP contribution in [0.3, 0.4) is 0 Å². The molecular formula is C24H29IO6. The van der Waals surface area contributed by atoms with E-state index in [0.29, 0.717) is 0 Å². The van der Waals surface area contributed by atoms with Crippen LogP contribution in [0.4, 0.5) is 0 Å². The van der Waals surface area contributed by atoms with Crippen molar-refractivity contribution in [2.75, 3.05) is 14.2 Å². The topological polar surface area (TPSA) is 78.9 Å². The molecule has 0 aliphatic heterocycles. The van der Waals surface area contributed by atoms with Gasteiger partial charge in [-0.1, -0.05) is 76.7 Å². The number of methoxy groups -OCH3 is 2. The fourth-order valence-electron chi connectivity index (χ4n) is 2.85. The average molecular weight is 540 g/mol. The highest BCUT2D eigenvalue weighted by molar-refractivity contribution is 14.1. The maximum atomic E-state index is 12.6. The molecule has 0 spiro atoms. The summed E-state index contributed by atoms with van der Waals surface area (Å²) < 4.78 is 16.9. The fourth-order valence-corrected chi connectivity index (χ4v) is 3.21. The Balaban J connectivity index is 2.90. The van der Waals surface area contributed by atoms with Crippen LogP contribution >= 0.6 is 22.6 Å². The molecule has 0 N–H and O–H groups in total. The van der Waals surface area contributed by atoms with Crippen molar-refractivity contribution in [1.82, 2.24) is 0 Å². The van der Waals surface area contributed by atoms with Crippen LogP contribution in [0.25, 0.3) is 0 Å². The molecule has 0 heterocycles. The van der Waals surface area contributed by atoms with Crippen LogP contribution in [0.2, 0.25) is 0 Å². The maximum Gasteiger partial charge on any atom is 0.330 e. The molecule has 0 aliphatic carbocycles. The molecule has 0 saturated carbocycles. The monoisotopic (exact) mass is 540 g/mol. The number of rotatable bonds is 12. The average Bonchev–Trinajstić information content (AvgIpc) is 2.79. The predicted octanol–water partition coefficient (Wildman–Crippen LogP) is 5.07. The van der Waals surface area contributed by atoms with E-state index in [4.69, 9.17) is 14.2 Å². The second-order valence-electron chi connectivity index (χ2n) is 6.92. The van der Waals surface area contributed by atoms with Gasteiger partial charge in [0.15, 0.2) is 5.41 Å². The van der Waals surface area contributed by atoms with Gasteiger partial charge in [-0.25, -0.2) is 4.79 Å². The highest BCUT2D eigenvalue weighted by Gasteiger charge is 2.46. The molecule has 7 heteroatoms. The minimum atomic E-state index is -1.57. The number of halogens is 1. The summed E-state index contributed by atoms with van der Waals surface area (Å²) in [5.74, 6) is -1.99. The summed E-state index contributed by atoms with van der Waals surface area (Å²) in [6.07, 6.45) is 8.27. The first-order valence-corrected chi connectivity index (χ1v) is 11.1. The van der Waals surface area contributed by atoms with Crippen LogP contribution in [-0.4, -0.2) is 32.1 Å². The molecule has 1 aromatic rings. The molecule has 0 aromatic heterocycles. The van der Waals surface area contributed by atoms with Crippen molar-refractivity contribution in [3.05, 3.63) is 69.9 Å². The van der Waals surface area contributed by atoms with E-state index in [9.17, 15) is 14.4 Å². The molecular weight excluding hydrogens is 511 g/mol. The smallest absolute Gasteiger partial charge is 0.330 e. The van der Waals surface area contributed by atoms with E-state index in [1.54, 1.807) is 0 Å². The third kappa shape index (κ3) is 9.08. The first kappa shape index (κ1) is 26.6. The molecule has 168 valence electrons. The van der Waals surface area contributed by atoms with Gasteiger partial charge in [0.2, 0.25) is 0 Å². The van der Waals surface area contributed by atoms with Crippen molar-refractivity contribution < 1.29 is 28.6 Å². The van der Waals surface area contributed by atoms with Crippen LogP contribution in [0.1, 0.15) is 38.2 Å². The summed E-state index contributed by atoms with van der Waals surface area (Å²) in [6.45, 7) is 2.08. The lowest BCUT2D eigenvalue weighted by molar-refractivity contribution is -0.168. The Morgan fingerprint density at radius 2 is 1.65 bits per heavy atom. The van der Waals surface area contributed by atoms with Gasteiger partial charge in [-0.05, 0) is 42.3 Å². The summed E-state index contributed by atoms with van der Waals surface area (Å²) in [5.41, 5.74) is 0.332. The first-order chi connectivity index (χ1) is 14.9. The molecule has 0 unspecified atom stereocenters. The maximum absolute atomic E-state index is 12.6. The molecule has 0 bridgehead atoms. The third-order valence-electron chi connectivity index (χ3n) is 4.69. The van der Waals surface area contributed by atoms with Crippen LogP contribution in [-0.2, 0) is 35.2 Å². The first-order valence-electron chi connectivity index (χ1n) is 9.84. The largest absolute Gasteiger partial charge is 0.468 e. The van der Waals surface area contributed by atoms with Gasteiger partial charge in [0.05, 0.1) is 14.2 Å². The Morgan fingerprint density at radius 3 is 2.23 bits per heavy atom. The van der Waals surface area contributed by atoms with Crippen LogP contribution < -0.4 is 0 Å². The van der Waals surface area contributed by atoms with Crippen LogP contribution in [0, 0.1) is 5.41 Å². The van der Waals surface area contributed by atoms with Crippen molar-refractivity contribution in [2.45, 2.75) is 39.2 Å². The zero-order valence-electron chi connectivity index (χ0n) is 18.1. The Kier molecular flexibility index (Phi) is 12.5. The van der Waals surface area contributed by atoms with Gasteiger partial charge in [-0.2, -0.15) is 0 Å². The third-order valence-corrected chi connectivity index (χ3v) is 5.20. The summed E-state index contributed by atoms with van der Waals surface area (Å²) in [4.78, 5) is 37.2. The molecule has 31 heavy (non-hydrogen) atoms. The van der Waals surface area contributed by atoms with Gasteiger partial charge in [-0.3, -0.25) is 9.59 Å². The van der Waals surface area contributed by atoms with E-state index in [1.807, 2.05) is 53.5 Å². The van der Waals surface area contributed by atoms with Gasteiger partial charge in [-0.15, -0.1) is 0 Å². The zero-order valence-corrected chi connectivity index (χ0v) is 20.3. The Hall–Kier alpha value is -2.42. The van der Waals surface area contributed by atoms with Gasteiger partial charge in [0.1, 0.15) is 6.61 Å². The SMILES string of the molecule is COC(=O)C(C/C=C/C(=O)OCc1ccccc1)(C/C=C(\C)CC/C=C/I)C(=O)OC. The van der Waals surface area contributed by atoms with Gasteiger partial charge in [0, 0.05) is 6.08 Å². The summed E-state index contributed by atoms with van der Waals surface area (Å²) in [5, 5.41) is 0. The minimum Gasteiger partial charge on any atom is -0.468 e. The number of esters is 3. The molecule has 0 radical (unpaired) electrons. The molecule has 0 fully saturated rings. The van der Waals surface area contributed by atoms with E-state index < -0.39 is 23.3 Å². The second-order valence-corrected chi connectivity index (χ2v) is 7.64. The highest BCUT2D eigenvalue weighted by atomic mass is 127. The van der Waals surface area contributed by atoms with Crippen molar-refractivity contribution >= 4 is 40.5 Å². The Labute approximate surface area is 197 Å². The number of hydrogen-bond donors (Lipinski definition) is 0. The van der Waals surface area contributed by atoms with E-state index in [2.05, 4.69) is 22.6 Å². The summed E-state index contributed by atoms with van der Waals surface area (Å²) >= 11 is 2.16. The van der Waals surface area contributed by atoms with E-state index in [0.717, 1.165) is 24.0 Å². The molecule has 0 aliphatic rings. The number of allylic oxidation sites excluding steroid dienone is 4. The lowest BCUT2D eigenvalue weighted by Crippen LogP contribution is -2.40. The van der Waals surface area contributed by atoms with Gasteiger partial charge >= 0.3 is 17.9 Å².